The molecule has 0 amide bonds. The molecule has 2 N–H and O–H groups in total. The van der Waals surface area contributed by atoms with Gasteiger partial charge in [0.2, 0.25) is 0 Å². The van der Waals surface area contributed by atoms with Crippen LogP contribution < -0.4 is 10.6 Å². The Hall–Kier alpha value is -1.56. The minimum absolute atomic E-state index is 0.0152. The van der Waals surface area contributed by atoms with E-state index in [9.17, 15) is 8.42 Å². The molecule has 130 valence electrons. The van der Waals surface area contributed by atoms with Gasteiger partial charge in [-0.15, -0.1) is 0 Å². The van der Waals surface area contributed by atoms with E-state index < -0.39 is 9.84 Å². The summed E-state index contributed by atoms with van der Waals surface area (Å²) in [5.41, 5.74) is 1.14. The number of sulfone groups is 1. The van der Waals surface area contributed by atoms with Crippen molar-refractivity contribution in [2.24, 2.45) is 4.99 Å². The van der Waals surface area contributed by atoms with Gasteiger partial charge in [0.1, 0.15) is 0 Å². The van der Waals surface area contributed by atoms with Crippen LogP contribution in [0.4, 0.5) is 0 Å². The van der Waals surface area contributed by atoms with Crippen molar-refractivity contribution < 1.29 is 8.42 Å². The average Bonchev–Trinajstić information content (AvgIpc) is 2.50. The molecule has 0 bridgehead atoms. The first-order chi connectivity index (χ1) is 10.7. The molecule has 0 radical (unpaired) electrons. The fourth-order valence-electron chi connectivity index (χ4n) is 2.05. The number of guanidine groups is 1. The first-order valence-corrected chi connectivity index (χ1v) is 9.63. The third kappa shape index (κ3) is 6.22. The van der Waals surface area contributed by atoms with Crippen molar-refractivity contribution in [3.8, 4) is 0 Å². The van der Waals surface area contributed by atoms with Crippen LogP contribution in [0.2, 0.25) is 0 Å². The Labute approximate surface area is 140 Å². The van der Waals surface area contributed by atoms with Gasteiger partial charge in [-0.2, -0.15) is 0 Å². The van der Waals surface area contributed by atoms with E-state index >= 15 is 0 Å². The zero-order chi connectivity index (χ0) is 17.5. The fourth-order valence-corrected chi connectivity index (χ4v) is 3.21. The lowest BCUT2D eigenvalue weighted by Crippen LogP contribution is -2.39. The summed E-state index contributed by atoms with van der Waals surface area (Å²) in [6, 6.07) is 7.17. The Kier molecular flexibility index (Phi) is 7.06. The molecule has 0 unspecified atom stereocenters. The third-order valence-corrected chi connectivity index (χ3v) is 5.24. The van der Waals surface area contributed by atoms with Crippen molar-refractivity contribution in [2.45, 2.75) is 44.4 Å². The van der Waals surface area contributed by atoms with Gasteiger partial charge in [0.25, 0.3) is 0 Å². The number of rotatable bonds is 6. The van der Waals surface area contributed by atoms with Gasteiger partial charge in [-0.1, -0.05) is 39.8 Å². The zero-order valence-electron chi connectivity index (χ0n) is 14.8. The molecule has 0 saturated carbocycles. The van der Waals surface area contributed by atoms with Crippen LogP contribution in [0.5, 0.6) is 0 Å². The lowest BCUT2D eigenvalue weighted by atomic mass is 9.87. The van der Waals surface area contributed by atoms with Crippen LogP contribution in [0.3, 0.4) is 0 Å². The van der Waals surface area contributed by atoms with Gasteiger partial charge in [-0.05, 0) is 29.5 Å². The second-order valence-corrected chi connectivity index (χ2v) is 8.63. The first kappa shape index (κ1) is 19.5. The van der Waals surface area contributed by atoms with Crippen LogP contribution in [0.15, 0.2) is 34.2 Å². The number of nitrogens with one attached hydrogen (secondary N) is 2. The van der Waals surface area contributed by atoms with Crippen molar-refractivity contribution in [3.05, 3.63) is 29.8 Å². The quantitative estimate of drug-likeness (QED) is 0.616. The van der Waals surface area contributed by atoms with Gasteiger partial charge in [-0.25, -0.2) is 8.42 Å². The second kappa shape index (κ2) is 8.34. The fraction of sp³-hybridized carbons (Fsp3) is 0.588. The van der Waals surface area contributed by atoms with Crippen LogP contribution in [-0.4, -0.2) is 40.3 Å². The predicted octanol–water partition coefficient (Wildman–Crippen LogP) is 2.33. The predicted molar refractivity (Wildman–Crippen MR) is 96.9 cm³/mol. The van der Waals surface area contributed by atoms with Crippen molar-refractivity contribution in [1.29, 1.82) is 0 Å². The van der Waals surface area contributed by atoms with E-state index in [1.165, 1.54) is 0 Å². The van der Waals surface area contributed by atoms with Gasteiger partial charge in [0.05, 0.1) is 10.6 Å². The van der Waals surface area contributed by atoms with Crippen LogP contribution in [-0.2, 0) is 15.3 Å². The lowest BCUT2D eigenvalue weighted by molar-refractivity contribution is 0.586. The van der Waals surface area contributed by atoms with E-state index in [4.69, 9.17) is 0 Å². The van der Waals surface area contributed by atoms with E-state index in [0.717, 1.165) is 18.5 Å². The molecule has 23 heavy (non-hydrogen) atoms. The number of hydrogen-bond donors (Lipinski definition) is 2. The largest absolute Gasteiger partial charge is 0.356 e. The molecule has 0 aliphatic rings. The molecule has 1 rings (SSSR count). The Morgan fingerprint density at radius 2 is 1.65 bits per heavy atom. The highest BCUT2D eigenvalue weighted by atomic mass is 32.2. The van der Waals surface area contributed by atoms with Crippen molar-refractivity contribution >= 4 is 15.8 Å². The summed E-state index contributed by atoms with van der Waals surface area (Å²) in [5.74, 6) is 0.666. The molecule has 0 aromatic heterocycles. The minimum atomic E-state index is -3.29. The van der Waals surface area contributed by atoms with Gasteiger partial charge in [0, 0.05) is 20.1 Å². The highest BCUT2D eigenvalue weighted by Crippen LogP contribution is 2.23. The molecule has 1 aromatic rings. The Morgan fingerprint density at radius 1 is 1.09 bits per heavy atom. The third-order valence-electron chi connectivity index (χ3n) is 3.51. The monoisotopic (exact) mass is 339 g/mol. The molecular formula is C17H29N3O2S. The van der Waals surface area contributed by atoms with Crippen LogP contribution in [0, 0.1) is 0 Å². The molecule has 0 fully saturated rings. The van der Waals surface area contributed by atoms with E-state index in [1.54, 1.807) is 19.2 Å². The second-order valence-electron chi connectivity index (χ2n) is 6.52. The smallest absolute Gasteiger partial charge is 0.191 e. The molecule has 0 aliphatic carbocycles. The lowest BCUT2D eigenvalue weighted by Gasteiger charge is -2.19. The summed E-state index contributed by atoms with van der Waals surface area (Å²) >= 11 is 0. The Morgan fingerprint density at radius 3 is 2.13 bits per heavy atom. The summed E-state index contributed by atoms with van der Waals surface area (Å²) in [4.78, 5) is 4.42. The Balaban J connectivity index is 2.66. The first-order valence-electron chi connectivity index (χ1n) is 7.98. The maximum atomic E-state index is 12.4. The zero-order valence-corrected chi connectivity index (χ0v) is 15.6. The van der Waals surface area contributed by atoms with E-state index in [2.05, 4.69) is 43.3 Å². The summed E-state index contributed by atoms with van der Waals surface area (Å²) in [6.07, 6.45) is 0.985. The van der Waals surface area contributed by atoms with Gasteiger partial charge >= 0.3 is 0 Å². The van der Waals surface area contributed by atoms with Gasteiger partial charge in [-0.3, -0.25) is 4.99 Å². The molecule has 0 saturated heterocycles. The van der Waals surface area contributed by atoms with Crippen molar-refractivity contribution in [1.82, 2.24) is 10.6 Å². The SMILES string of the molecule is CCCNC(=NC)NCCS(=O)(=O)c1ccc(C(C)(C)C)cc1. The van der Waals surface area contributed by atoms with Gasteiger partial charge < -0.3 is 10.6 Å². The van der Waals surface area contributed by atoms with Crippen molar-refractivity contribution in [3.63, 3.8) is 0 Å². The maximum Gasteiger partial charge on any atom is 0.191 e. The van der Waals surface area contributed by atoms with E-state index in [0.29, 0.717) is 17.4 Å². The minimum Gasteiger partial charge on any atom is -0.356 e. The molecule has 0 aliphatic heterocycles. The number of hydrogen-bond acceptors (Lipinski definition) is 3. The number of nitrogens with zero attached hydrogens (tertiary/aromatic N) is 1. The van der Waals surface area contributed by atoms with Gasteiger partial charge in [0.15, 0.2) is 15.8 Å². The molecule has 0 spiro atoms. The topological polar surface area (TPSA) is 70.6 Å². The van der Waals surface area contributed by atoms with E-state index in [1.807, 2.05) is 12.1 Å². The normalized spacial score (nSPS) is 13.0. The van der Waals surface area contributed by atoms with Crippen LogP contribution in [0.1, 0.15) is 39.7 Å². The molecule has 0 heterocycles. The summed E-state index contributed by atoms with van der Waals surface area (Å²) in [5, 5.41) is 6.14. The molecule has 5 nitrogen and oxygen atoms in total. The maximum absolute atomic E-state index is 12.4. The standard InChI is InChI=1S/C17H29N3O2S/c1-6-11-19-16(18-5)20-12-13-23(21,22)15-9-7-14(8-10-15)17(2,3)4/h7-10H,6,11-13H2,1-5H3,(H2,18,19,20). The van der Waals surface area contributed by atoms with Crippen LogP contribution in [0.25, 0.3) is 0 Å². The summed E-state index contributed by atoms with van der Waals surface area (Å²) < 4.78 is 24.8. The summed E-state index contributed by atoms with van der Waals surface area (Å²) in [6.45, 7) is 9.51. The highest BCUT2D eigenvalue weighted by Gasteiger charge is 2.17. The molecule has 6 heteroatoms. The van der Waals surface area contributed by atoms with Crippen LogP contribution >= 0.6 is 0 Å². The average molecular weight is 340 g/mol. The number of aliphatic imine (C=N–C) groups is 1. The molecule has 0 atom stereocenters. The van der Waals surface area contributed by atoms with E-state index in [-0.39, 0.29) is 11.2 Å². The molecular weight excluding hydrogens is 310 g/mol. The highest BCUT2D eigenvalue weighted by molar-refractivity contribution is 7.91. The number of benzene rings is 1. The summed E-state index contributed by atoms with van der Waals surface area (Å²) in [7, 11) is -1.62. The molecule has 1 aromatic carbocycles. The van der Waals surface area contributed by atoms with Crippen molar-refractivity contribution in [2.75, 3.05) is 25.9 Å². The Bertz CT molecular complexity index is 614.